The smallest absolute Gasteiger partial charge is 0.407 e. The van der Waals surface area contributed by atoms with Crippen LogP contribution in [0.15, 0.2) is 29.3 Å². The maximum absolute atomic E-state index is 11.4. The second kappa shape index (κ2) is 8.26. The van der Waals surface area contributed by atoms with E-state index in [1.165, 1.54) is 5.56 Å². The van der Waals surface area contributed by atoms with Gasteiger partial charge in [-0.15, -0.1) is 0 Å². The van der Waals surface area contributed by atoms with Gasteiger partial charge in [-0.3, -0.25) is 4.99 Å². The normalized spacial score (nSPS) is 11.9. The Morgan fingerprint density at radius 1 is 1.27 bits per heavy atom. The number of hydrogen-bond donors (Lipinski definition) is 3. The molecule has 0 aliphatic heterocycles. The molecule has 0 spiro atoms. The van der Waals surface area contributed by atoms with Crippen LogP contribution < -0.4 is 16.4 Å². The van der Waals surface area contributed by atoms with Crippen molar-refractivity contribution in [2.24, 2.45) is 10.7 Å². The number of guanidine groups is 1. The van der Waals surface area contributed by atoms with Crippen LogP contribution in [0, 0.1) is 6.92 Å². The second-order valence-electron chi connectivity index (χ2n) is 6.04. The lowest BCUT2D eigenvalue weighted by Gasteiger charge is -2.19. The van der Waals surface area contributed by atoms with Crippen LogP contribution in [0.1, 0.15) is 32.8 Å². The van der Waals surface area contributed by atoms with Crippen LogP contribution in [0.5, 0.6) is 0 Å². The fourth-order valence-electron chi connectivity index (χ4n) is 1.61. The molecule has 6 heteroatoms. The van der Waals surface area contributed by atoms with Gasteiger partial charge in [0.2, 0.25) is 0 Å². The van der Waals surface area contributed by atoms with Gasteiger partial charge >= 0.3 is 6.09 Å². The van der Waals surface area contributed by atoms with Gasteiger partial charge in [0.05, 0.1) is 0 Å². The molecule has 4 N–H and O–H groups in total. The van der Waals surface area contributed by atoms with Crippen LogP contribution in [0.25, 0.3) is 0 Å². The molecule has 22 heavy (non-hydrogen) atoms. The van der Waals surface area contributed by atoms with Gasteiger partial charge in [-0.05, 0) is 46.2 Å². The first kappa shape index (κ1) is 17.8. The highest BCUT2D eigenvalue weighted by Gasteiger charge is 2.15. The van der Waals surface area contributed by atoms with Crippen LogP contribution in [-0.2, 0) is 4.74 Å². The Morgan fingerprint density at radius 3 is 2.50 bits per heavy atom. The van der Waals surface area contributed by atoms with Crippen molar-refractivity contribution in [2.75, 3.05) is 18.4 Å². The first-order chi connectivity index (χ1) is 10.3. The van der Waals surface area contributed by atoms with Gasteiger partial charge < -0.3 is 21.1 Å². The maximum Gasteiger partial charge on any atom is 0.407 e. The lowest BCUT2D eigenvalue weighted by Crippen LogP contribution is -2.33. The molecule has 0 atom stereocenters. The Labute approximate surface area is 132 Å². The van der Waals surface area contributed by atoms with Gasteiger partial charge in [0.25, 0.3) is 0 Å². The van der Waals surface area contributed by atoms with Gasteiger partial charge in [-0.1, -0.05) is 17.7 Å². The minimum absolute atomic E-state index is 0.362. The third-order valence-corrected chi connectivity index (χ3v) is 2.61. The number of aliphatic imine (C=N–C) groups is 1. The van der Waals surface area contributed by atoms with Gasteiger partial charge in [-0.25, -0.2) is 4.79 Å². The molecule has 1 aromatic carbocycles. The van der Waals surface area contributed by atoms with Gasteiger partial charge in [-0.2, -0.15) is 0 Å². The number of carbonyl (C=O) groups is 1. The van der Waals surface area contributed by atoms with E-state index in [-0.39, 0.29) is 0 Å². The number of nitrogens with zero attached hydrogens (tertiary/aromatic N) is 1. The number of nitrogens with two attached hydrogens (primary N) is 1. The van der Waals surface area contributed by atoms with Crippen LogP contribution >= 0.6 is 0 Å². The Bertz CT molecular complexity index is 504. The molecule has 0 saturated carbocycles. The number of amides is 1. The highest BCUT2D eigenvalue weighted by Crippen LogP contribution is 2.08. The van der Waals surface area contributed by atoms with E-state index < -0.39 is 11.7 Å². The average molecular weight is 306 g/mol. The zero-order valence-corrected chi connectivity index (χ0v) is 13.8. The molecule has 1 amide bonds. The molecule has 0 aliphatic carbocycles. The molecule has 122 valence electrons. The van der Waals surface area contributed by atoms with Crippen LogP contribution in [-0.4, -0.2) is 30.7 Å². The summed E-state index contributed by atoms with van der Waals surface area (Å²) in [6.07, 6.45) is 0.275. The molecule has 0 heterocycles. The predicted octanol–water partition coefficient (Wildman–Crippen LogP) is 2.64. The molecule has 0 radical (unpaired) electrons. The molecule has 1 rings (SSSR count). The number of benzene rings is 1. The first-order valence-corrected chi connectivity index (χ1v) is 7.37. The van der Waals surface area contributed by atoms with E-state index in [1.807, 2.05) is 52.0 Å². The standard InChI is InChI=1S/C16H26N4O2/c1-12-6-8-13(9-7-12)20-14(17)18-10-5-11-19-15(21)22-16(2,3)4/h6-9H,5,10-11H2,1-4H3,(H,19,21)(H3,17,18,20). The molecule has 6 nitrogen and oxygen atoms in total. The van der Waals surface area contributed by atoms with Gasteiger partial charge in [0.1, 0.15) is 5.60 Å². The second-order valence-corrected chi connectivity index (χ2v) is 6.04. The lowest BCUT2D eigenvalue weighted by atomic mass is 10.2. The molecular formula is C16H26N4O2. The molecule has 0 bridgehead atoms. The Morgan fingerprint density at radius 2 is 1.91 bits per heavy atom. The number of ether oxygens (including phenoxy) is 1. The fourth-order valence-corrected chi connectivity index (χ4v) is 1.61. The largest absolute Gasteiger partial charge is 0.444 e. The third-order valence-electron chi connectivity index (χ3n) is 2.61. The van der Waals surface area contributed by atoms with Crippen LogP contribution in [0.3, 0.4) is 0 Å². The van der Waals surface area contributed by atoms with Crippen LogP contribution in [0.4, 0.5) is 10.5 Å². The zero-order chi connectivity index (χ0) is 16.6. The molecule has 0 aliphatic rings. The molecule has 0 unspecified atom stereocenters. The summed E-state index contributed by atoms with van der Waals surface area (Å²) in [5, 5.41) is 5.69. The number of anilines is 1. The van der Waals surface area contributed by atoms with E-state index in [2.05, 4.69) is 15.6 Å². The number of rotatable bonds is 5. The first-order valence-electron chi connectivity index (χ1n) is 7.37. The lowest BCUT2D eigenvalue weighted by molar-refractivity contribution is 0.0527. The highest BCUT2D eigenvalue weighted by atomic mass is 16.6. The van der Waals surface area contributed by atoms with E-state index in [9.17, 15) is 4.79 Å². The summed E-state index contributed by atoms with van der Waals surface area (Å²) in [4.78, 5) is 15.6. The molecule has 0 fully saturated rings. The molecule has 0 saturated heterocycles. The summed E-state index contributed by atoms with van der Waals surface area (Å²) in [7, 11) is 0. The van der Waals surface area contributed by atoms with E-state index in [0.717, 1.165) is 5.69 Å². The summed E-state index contributed by atoms with van der Waals surface area (Å²) >= 11 is 0. The van der Waals surface area contributed by atoms with E-state index in [4.69, 9.17) is 10.5 Å². The average Bonchev–Trinajstić information content (AvgIpc) is 2.39. The number of alkyl carbamates (subject to hydrolysis) is 1. The predicted molar refractivity (Wildman–Crippen MR) is 90.1 cm³/mol. The van der Waals surface area contributed by atoms with Crippen molar-refractivity contribution in [3.05, 3.63) is 29.8 Å². The van der Waals surface area contributed by atoms with Crippen molar-refractivity contribution >= 4 is 17.7 Å². The van der Waals surface area contributed by atoms with E-state index in [1.54, 1.807) is 0 Å². The molecule has 1 aromatic rings. The number of nitrogens with one attached hydrogen (secondary N) is 2. The number of carbonyl (C=O) groups excluding carboxylic acids is 1. The van der Waals surface area contributed by atoms with Crippen molar-refractivity contribution < 1.29 is 9.53 Å². The number of aryl methyl sites for hydroxylation is 1. The SMILES string of the molecule is Cc1ccc(NC(N)=NCCCNC(=O)OC(C)(C)C)cc1. The summed E-state index contributed by atoms with van der Waals surface area (Å²) in [5.74, 6) is 0.362. The monoisotopic (exact) mass is 306 g/mol. The van der Waals surface area contributed by atoms with Crippen molar-refractivity contribution in [1.29, 1.82) is 0 Å². The fraction of sp³-hybridized carbons (Fsp3) is 0.500. The quantitative estimate of drug-likeness (QED) is 0.443. The third kappa shape index (κ3) is 8.14. The zero-order valence-electron chi connectivity index (χ0n) is 13.8. The minimum Gasteiger partial charge on any atom is -0.444 e. The topological polar surface area (TPSA) is 88.7 Å². The van der Waals surface area contributed by atoms with E-state index >= 15 is 0 Å². The van der Waals surface area contributed by atoms with Crippen LogP contribution in [0.2, 0.25) is 0 Å². The molecular weight excluding hydrogens is 280 g/mol. The Kier molecular flexibility index (Phi) is 6.69. The van der Waals surface area contributed by atoms with Gasteiger partial charge in [0, 0.05) is 18.8 Å². The van der Waals surface area contributed by atoms with Gasteiger partial charge in [0.15, 0.2) is 5.96 Å². The Balaban J connectivity index is 2.22. The highest BCUT2D eigenvalue weighted by molar-refractivity contribution is 5.92. The van der Waals surface area contributed by atoms with Crippen molar-refractivity contribution in [1.82, 2.24) is 5.32 Å². The summed E-state index contributed by atoms with van der Waals surface area (Å²) < 4.78 is 5.13. The summed E-state index contributed by atoms with van der Waals surface area (Å²) in [6, 6.07) is 7.89. The van der Waals surface area contributed by atoms with Crippen molar-refractivity contribution in [2.45, 2.75) is 39.7 Å². The summed E-state index contributed by atoms with van der Waals surface area (Å²) in [6.45, 7) is 8.53. The van der Waals surface area contributed by atoms with Crippen molar-refractivity contribution in [3.63, 3.8) is 0 Å². The Hall–Kier alpha value is -2.24. The minimum atomic E-state index is -0.482. The summed E-state index contributed by atoms with van der Waals surface area (Å²) in [5.41, 5.74) is 7.41. The maximum atomic E-state index is 11.4. The van der Waals surface area contributed by atoms with E-state index in [0.29, 0.717) is 25.5 Å². The molecule has 0 aromatic heterocycles. The van der Waals surface area contributed by atoms with Crippen molar-refractivity contribution in [3.8, 4) is 0 Å². The number of hydrogen-bond acceptors (Lipinski definition) is 3.